The summed E-state index contributed by atoms with van der Waals surface area (Å²) in [5.41, 5.74) is 6.21. The van der Waals surface area contributed by atoms with Crippen molar-refractivity contribution in [1.82, 2.24) is 10.6 Å². The van der Waals surface area contributed by atoms with Crippen LogP contribution in [0.2, 0.25) is 0 Å². The number of ether oxygens (including phenoxy) is 1. The molecule has 1 aromatic rings. The summed E-state index contributed by atoms with van der Waals surface area (Å²) in [5.74, 6) is -0.446. The number of esters is 1. The first-order chi connectivity index (χ1) is 8.77. The minimum absolute atomic E-state index is 0.131. The van der Waals surface area contributed by atoms with E-state index in [-0.39, 0.29) is 19.8 Å². The highest BCUT2D eigenvalue weighted by atomic mass is 16.5. The van der Waals surface area contributed by atoms with E-state index < -0.39 is 12.0 Å². The highest BCUT2D eigenvalue weighted by Gasteiger charge is 2.18. The van der Waals surface area contributed by atoms with E-state index in [1.165, 1.54) is 0 Å². The number of hydrogen-bond acceptors (Lipinski definition) is 5. The van der Waals surface area contributed by atoms with Gasteiger partial charge >= 0.3 is 5.97 Å². The van der Waals surface area contributed by atoms with Crippen LogP contribution >= 0.6 is 0 Å². The maximum atomic E-state index is 11.7. The summed E-state index contributed by atoms with van der Waals surface area (Å²) in [6.45, 7) is 0.476. The highest BCUT2D eigenvalue weighted by Crippen LogP contribution is 2.01. The van der Waals surface area contributed by atoms with Crippen molar-refractivity contribution in [2.45, 2.75) is 12.6 Å². The number of rotatable bonds is 8. The Balaban J connectivity index is 2.43. The maximum Gasteiger partial charge on any atom is 0.325 e. The molecule has 0 aromatic heterocycles. The molecule has 0 radical (unpaired) electrons. The number of hydrogen-bond donors (Lipinski definition) is 3. The Hall–Kier alpha value is -1.92. The van der Waals surface area contributed by atoms with E-state index in [1.54, 1.807) is 0 Å². The van der Waals surface area contributed by atoms with Crippen molar-refractivity contribution < 1.29 is 14.3 Å². The minimum Gasteiger partial charge on any atom is -0.460 e. The standard InChI is InChI=1S/C12H17N3O3/c13-8-15-11(6-14-9-16)12(17)18-7-10-4-2-1-3-5-10/h1-5,9,11,15H,6-8,13H2,(H,14,16). The lowest BCUT2D eigenvalue weighted by molar-refractivity contribution is -0.147. The predicted molar refractivity (Wildman–Crippen MR) is 66.3 cm³/mol. The minimum atomic E-state index is -0.635. The van der Waals surface area contributed by atoms with E-state index in [0.29, 0.717) is 6.41 Å². The number of carbonyl (C=O) groups is 2. The van der Waals surface area contributed by atoms with Crippen LogP contribution in [0.15, 0.2) is 30.3 Å². The summed E-state index contributed by atoms with van der Waals surface area (Å²) in [6, 6.07) is 8.71. The zero-order valence-electron chi connectivity index (χ0n) is 9.96. The summed E-state index contributed by atoms with van der Waals surface area (Å²) in [5, 5.41) is 5.15. The molecular formula is C12H17N3O3. The van der Waals surface area contributed by atoms with Gasteiger partial charge in [0, 0.05) is 13.2 Å². The fourth-order valence-corrected chi connectivity index (χ4v) is 1.38. The van der Waals surface area contributed by atoms with Gasteiger partial charge in [0.15, 0.2) is 0 Å². The molecule has 0 fully saturated rings. The molecule has 0 aliphatic rings. The first-order valence-corrected chi connectivity index (χ1v) is 5.59. The third-order valence-corrected chi connectivity index (χ3v) is 2.28. The molecule has 0 saturated heterocycles. The zero-order valence-corrected chi connectivity index (χ0v) is 9.96. The van der Waals surface area contributed by atoms with Crippen molar-refractivity contribution in [3.05, 3.63) is 35.9 Å². The Bertz CT molecular complexity index is 370. The first-order valence-electron chi connectivity index (χ1n) is 5.59. The van der Waals surface area contributed by atoms with Gasteiger partial charge in [-0.1, -0.05) is 30.3 Å². The van der Waals surface area contributed by atoms with Crippen LogP contribution in [-0.2, 0) is 20.9 Å². The lowest BCUT2D eigenvalue weighted by Crippen LogP contribution is -2.47. The van der Waals surface area contributed by atoms with Crippen LogP contribution < -0.4 is 16.4 Å². The van der Waals surface area contributed by atoms with Crippen LogP contribution in [-0.4, -0.2) is 31.6 Å². The summed E-state index contributed by atoms with van der Waals surface area (Å²) in [7, 11) is 0. The average Bonchev–Trinajstić information content (AvgIpc) is 2.42. The molecule has 1 amide bonds. The van der Waals surface area contributed by atoms with Gasteiger partial charge in [0.2, 0.25) is 6.41 Å². The number of amides is 1. The van der Waals surface area contributed by atoms with Crippen LogP contribution in [0.1, 0.15) is 5.56 Å². The van der Waals surface area contributed by atoms with Gasteiger partial charge in [-0.15, -0.1) is 0 Å². The first kappa shape index (κ1) is 14.1. The monoisotopic (exact) mass is 251 g/mol. The fraction of sp³-hybridized carbons (Fsp3) is 0.333. The van der Waals surface area contributed by atoms with Crippen molar-refractivity contribution >= 4 is 12.4 Å². The molecular weight excluding hydrogens is 234 g/mol. The maximum absolute atomic E-state index is 11.7. The molecule has 0 spiro atoms. The molecule has 0 aliphatic carbocycles. The highest BCUT2D eigenvalue weighted by molar-refractivity contribution is 5.76. The van der Waals surface area contributed by atoms with Crippen LogP contribution in [0.3, 0.4) is 0 Å². The molecule has 98 valence electrons. The number of carbonyl (C=O) groups excluding carboxylic acids is 2. The van der Waals surface area contributed by atoms with Crippen LogP contribution in [0.4, 0.5) is 0 Å². The van der Waals surface area contributed by atoms with Gasteiger partial charge in [-0.2, -0.15) is 0 Å². The lowest BCUT2D eigenvalue weighted by atomic mass is 10.2. The predicted octanol–water partition coefficient (Wildman–Crippen LogP) is -0.650. The van der Waals surface area contributed by atoms with Crippen LogP contribution in [0.25, 0.3) is 0 Å². The molecule has 0 saturated carbocycles. The molecule has 1 atom stereocenters. The van der Waals surface area contributed by atoms with E-state index in [9.17, 15) is 9.59 Å². The molecule has 1 unspecified atom stereocenters. The van der Waals surface area contributed by atoms with Crippen molar-refractivity contribution in [3.8, 4) is 0 Å². The van der Waals surface area contributed by atoms with Gasteiger partial charge in [-0.3, -0.25) is 14.9 Å². The van der Waals surface area contributed by atoms with E-state index in [1.807, 2.05) is 30.3 Å². The van der Waals surface area contributed by atoms with Crippen molar-refractivity contribution in [2.75, 3.05) is 13.2 Å². The average molecular weight is 251 g/mol. The van der Waals surface area contributed by atoms with E-state index in [0.717, 1.165) is 5.56 Å². The van der Waals surface area contributed by atoms with Crippen LogP contribution in [0.5, 0.6) is 0 Å². The quantitative estimate of drug-likeness (QED) is 0.324. The summed E-state index contributed by atoms with van der Waals surface area (Å²) in [6.07, 6.45) is 0.523. The van der Waals surface area contributed by atoms with Gasteiger partial charge in [0.25, 0.3) is 0 Å². The van der Waals surface area contributed by atoms with Gasteiger partial charge in [-0.05, 0) is 5.56 Å². The Morgan fingerprint density at radius 2 is 2.11 bits per heavy atom. The Morgan fingerprint density at radius 1 is 1.39 bits per heavy atom. The number of nitrogens with two attached hydrogens (primary N) is 1. The third kappa shape index (κ3) is 4.94. The molecule has 4 N–H and O–H groups in total. The molecule has 6 nitrogen and oxygen atoms in total. The smallest absolute Gasteiger partial charge is 0.325 e. The number of nitrogens with one attached hydrogen (secondary N) is 2. The van der Waals surface area contributed by atoms with Gasteiger partial charge in [0.1, 0.15) is 12.6 Å². The van der Waals surface area contributed by atoms with Gasteiger partial charge in [-0.25, -0.2) is 0 Å². The van der Waals surface area contributed by atoms with E-state index in [2.05, 4.69) is 10.6 Å². The lowest BCUT2D eigenvalue weighted by Gasteiger charge is -2.16. The summed E-state index contributed by atoms with van der Waals surface area (Å²) < 4.78 is 5.13. The fourth-order valence-electron chi connectivity index (χ4n) is 1.38. The molecule has 1 rings (SSSR count). The molecule has 0 bridgehead atoms. The van der Waals surface area contributed by atoms with Gasteiger partial charge < -0.3 is 15.8 Å². The molecule has 6 heteroatoms. The van der Waals surface area contributed by atoms with E-state index >= 15 is 0 Å². The second-order valence-corrected chi connectivity index (χ2v) is 3.58. The van der Waals surface area contributed by atoms with Crippen molar-refractivity contribution in [1.29, 1.82) is 0 Å². The van der Waals surface area contributed by atoms with Crippen molar-refractivity contribution in [2.24, 2.45) is 5.73 Å². The van der Waals surface area contributed by atoms with Crippen LogP contribution in [0, 0.1) is 0 Å². The topological polar surface area (TPSA) is 93.5 Å². The third-order valence-electron chi connectivity index (χ3n) is 2.28. The van der Waals surface area contributed by atoms with Crippen molar-refractivity contribution in [3.63, 3.8) is 0 Å². The summed E-state index contributed by atoms with van der Waals surface area (Å²) >= 11 is 0. The Kier molecular flexibility index (Phi) is 6.45. The second-order valence-electron chi connectivity index (χ2n) is 3.58. The Morgan fingerprint density at radius 3 is 2.72 bits per heavy atom. The van der Waals surface area contributed by atoms with E-state index in [4.69, 9.17) is 10.5 Å². The largest absolute Gasteiger partial charge is 0.460 e. The molecule has 1 aromatic carbocycles. The second kappa shape index (κ2) is 8.21. The Labute approximate surface area is 105 Å². The number of benzene rings is 1. The summed E-state index contributed by atoms with van der Waals surface area (Å²) in [4.78, 5) is 21.9. The van der Waals surface area contributed by atoms with Gasteiger partial charge in [0.05, 0.1) is 0 Å². The zero-order chi connectivity index (χ0) is 13.2. The molecule has 18 heavy (non-hydrogen) atoms. The molecule has 0 aliphatic heterocycles. The molecule has 0 heterocycles. The normalized spacial score (nSPS) is 11.6. The SMILES string of the molecule is NCNC(CNC=O)C(=O)OCc1ccccc1.